The van der Waals surface area contributed by atoms with Gasteiger partial charge in [0.15, 0.2) is 0 Å². The standard InChI is InChI=1S/C7H14N2/c1-7(2,8)5-6-9(3)4/h8H2,1-4H3. The molecule has 0 aliphatic heterocycles. The van der Waals surface area contributed by atoms with Gasteiger partial charge in [0.1, 0.15) is 0 Å². The summed E-state index contributed by atoms with van der Waals surface area (Å²) in [7, 11) is 3.78. The summed E-state index contributed by atoms with van der Waals surface area (Å²) in [4.78, 5) is 1.79. The van der Waals surface area contributed by atoms with Gasteiger partial charge in [-0.05, 0) is 13.8 Å². The lowest BCUT2D eigenvalue weighted by Gasteiger charge is -2.08. The van der Waals surface area contributed by atoms with E-state index >= 15 is 0 Å². The molecule has 2 nitrogen and oxygen atoms in total. The molecule has 0 bridgehead atoms. The van der Waals surface area contributed by atoms with Crippen LogP contribution >= 0.6 is 0 Å². The van der Waals surface area contributed by atoms with Gasteiger partial charge < -0.3 is 10.6 Å². The van der Waals surface area contributed by atoms with Crippen LogP contribution in [-0.2, 0) is 0 Å². The van der Waals surface area contributed by atoms with Gasteiger partial charge in [-0.3, -0.25) is 0 Å². The predicted octanol–water partition coefficient (Wildman–Crippen LogP) is 0.246. The monoisotopic (exact) mass is 126 g/mol. The zero-order valence-electron chi connectivity index (χ0n) is 6.52. The van der Waals surface area contributed by atoms with Crippen molar-refractivity contribution in [3.05, 3.63) is 0 Å². The van der Waals surface area contributed by atoms with E-state index in [-0.39, 0.29) is 5.54 Å². The minimum atomic E-state index is -0.371. The van der Waals surface area contributed by atoms with Gasteiger partial charge in [0, 0.05) is 20.1 Å². The van der Waals surface area contributed by atoms with E-state index in [9.17, 15) is 0 Å². The third kappa shape index (κ3) is 7.32. The summed E-state index contributed by atoms with van der Waals surface area (Å²) in [6.07, 6.45) is 0. The van der Waals surface area contributed by atoms with E-state index in [2.05, 4.69) is 12.0 Å². The Morgan fingerprint density at radius 2 is 1.78 bits per heavy atom. The highest BCUT2D eigenvalue weighted by molar-refractivity contribution is 5.11. The van der Waals surface area contributed by atoms with E-state index in [0.717, 1.165) is 0 Å². The molecule has 0 heterocycles. The fourth-order valence-corrected chi connectivity index (χ4v) is 0.256. The third-order valence-electron chi connectivity index (χ3n) is 0.602. The first-order valence-electron chi connectivity index (χ1n) is 2.91. The summed E-state index contributed by atoms with van der Waals surface area (Å²) < 4.78 is 0. The second kappa shape index (κ2) is 2.75. The highest BCUT2D eigenvalue weighted by Crippen LogP contribution is 1.90. The summed E-state index contributed by atoms with van der Waals surface area (Å²) in [5.74, 6) is 2.88. The van der Waals surface area contributed by atoms with Crippen molar-refractivity contribution in [1.82, 2.24) is 4.90 Å². The molecule has 0 aliphatic carbocycles. The fraction of sp³-hybridized carbons (Fsp3) is 0.714. The molecule has 0 aromatic rings. The largest absolute Gasteiger partial charge is 0.339 e. The normalized spacial score (nSPS) is 9.89. The Kier molecular flexibility index (Phi) is 2.54. The van der Waals surface area contributed by atoms with E-state index in [1.165, 1.54) is 0 Å². The van der Waals surface area contributed by atoms with Crippen LogP contribution in [-0.4, -0.2) is 24.5 Å². The van der Waals surface area contributed by atoms with E-state index in [0.29, 0.717) is 0 Å². The molecule has 9 heavy (non-hydrogen) atoms. The van der Waals surface area contributed by atoms with Crippen molar-refractivity contribution in [3.8, 4) is 12.0 Å². The second-order valence-electron chi connectivity index (χ2n) is 2.85. The van der Waals surface area contributed by atoms with Gasteiger partial charge in [-0.25, -0.2) is 0 Å². The molecule has 2 heteroatoms. The molecule has 52 valence electrons. The molecule has 2 N–H and O–H groups in total. The van der Waals surface area contributed by atoms with Crippen molar-refractivity contribution in [2.45, 2.75) is 19.4 Å². The second-order valence-corrected chi connectivity index (χ2v) is 2.85. The molecule has 0 spiro atoms. The lowest BCUT2D eigenvalue weighted by molar-refractivity contribution is 0.588. The number of hydrogen-bond donors (Lipinski definition) is 1. The van der Waals surface area contributed by atoms with Crippen LogP contribution in [0.25, 0.3) is 0 Å². The quantitative estimate of drug-likeness (QED) is 0.372. The molecular weight excluding hydrogens is 112 g/mol. The van der Waals surface area contributed by atoms with E-state index in [1.807, 2.05) is 27.9 Å². The molecule has 0 amide bonds. The molecule has 0 rings (SSSR count). The molecule has 0 unspecified atom stereocenters. The van der Waals surface area contributed by atoms with Crippen LogP contribution in [0.4, 0.5) is 0 Å². The van der Waals surface area contributed by atoms with Gasteiger partial charge in [0.2, 0.25) is 0 Å². The summed E-state index contributed by atoms with van der Waals surface area (Å²) in [6.45, 7) is 3.76. The summed E-state index contributed by atoms with van der Waals surface area (Å²) >= 11 is 0. The zero-order valence-corrected chi connectivity index (χ0v) is 6.52. The van der Waals surface area contributed by atoms with Crippen LogP contribution in [0, 0.1) is 12.0 Å². The SMILES string of the molecule is CN(C)C#CC(C)(C)N. The molecule has 0 saturated heterocycles. The van der Waals surface area contributed by atoms with Crippen molar-refractivity contribution in [1.29, 1.82) is 0 Å². The number of nitrogens with two attached hydrogens (primary N) is 1. The topological polar surface area (TPSA) is 29.3 Å². The highest BCUT2D eigenvalue weighted by atomic mass is 15.0. The van der Waals surface area contributed by atoms with Crippen LogP contribution in [0.2, 0.25) is 0 Å². The fourth-order valence-electron chi connectivity index (χ4n) is 0.256. The maximum absolute atomic E-state index is 5.58. The van der Waals surface area contributed by atoms with Gasteiger partial charge in [-0.1, -0.05) is 5.92 Å². The zero-order chi connectivity index (χ0) is 7.49. The van der Waals surface area contributed by atoms with Crippen LogP contribution in [0.5, 0.6) is 0 Å². The van der Waals surface area contributed by atoms with Gasteiger partial charge in [-0.15, -0.1) is 0 Å². The van der Waals surface area contributed by atoms with Crippen molar-refractivity contribution < 1.29 is 0 Å². The highest BCUT2D eigenvalue weighted by Gasteiger charge is 2.03. The summed E-state index contributed by atoms with van der Waals surface area (Å²) in [5, 5.41) is 0. The van der Waals surface area contributed by atoms with Crippen molar-refractivity contribution in [2.24, 2.45) is 5.73 Å². The first-order valence-corrected chi connectivity index (χ1v) is 2.91. The minimum absolute atomic E-state index is 0.371. The van der Waals surface area contributed by atoms with Gasteiger partial charge >= 0.3 is 0 Å². The Balaban J connectivity index is 3.88. The maximum atomic E-state index is 5.58. The smallest absolute Gasteiger partial charge is 0.0737 e. The van der Waals surface area contributed by atoms with Gasteiger partial charge in [0.05, 0.1) is 5.54 Å². The minimum Gasteiger partial charge on any atom is -0.339 e. The average molecular weight is 126 g/mol. The van der Waals surface area contributed by atoms with Crippen LogP contribution < -0.4 is 5.73 Å². The van der Waals surface area contributed by atoms with Crippen LogP contribution in [0.3, 0.4) is 0 Å². The van der Waals surface area contributed by atoms with E-state index in [1.54, 1.807) is 4.90 Å². The third-order valence-corrected chi connectivity index (χ3v) is 0.602. The Bertz CT molecular complexity index is 131. The predicted molar refractivity (Wildman–Crippen MR) is 39.7 cm³/mol. The van der Waals surface area contributed by atoms with E-state index < -0.39 is 0 Å². The van der Waals surface area contributed by atoms with Crippen molar-refractivity contribution in [3.63, 3.8) is 0 Å². The molecule has 0 atom stereocenters. The number of hydrogen-bond acceptors (Lipinski definition) is 2. The average Bonchev–Trinajstić information content (AvgIpc) is 1.59. The summed E-state index contributed by atoms with van der Waals surface area (Å²) in [6, 6.07) is 2.84. The van der Waals surface area contributed by atoms with Gasteiger partial charge in [0.25, 0.3) is 0 Å². The van der Waals surface area contributed by atoms with Crippen LogP contribution in [0.1, 0.15) is 13.8 Å². The first-order chi connectivity index (χ1) is 3.92. The molecule has 0 aromatic carbocycles. The van der Waals surface area contributed by atoms with Crippen molar-refractivity contribution in [2.75, 3.05) is 14.1 Å². The molecule has 0 aromatic heterocycles. The molecule has 0 fully saturated rings. The Hall–Kier alpha value is -0.680. The lowest BCUT2D eigenvalue weighted by atomic mass is 10.1. The van der Waals surface area contributed by atoms with E-state index in [4.69, 9.17) is 5.73 Å². The Morgan fingerprint density at radius 1 is 1.33 bits per heavy atom. The number of nitrogens with zero attached hydrogens (tertiary/aromatic N) is 1. The Labute approximate surface area is 57.0 Å². The summed E-state index contributed by atoms with van der Waals surface area (Å²) in [5.41, 5.74) is 5.21. The Morgan fingerprint density at radius 3 is 1.89 bits per heavy atom. The van der Waals surface area contributed by atoms with Crippen LogP contribution in [0.15, 0.2) is 0 Å². The molecular formula is C7H14N2. The van der Waals surface area contributed by atoms with Crippen molar-refractivity contribution >= 4 is 0 Å². The number of rotatable bonds is 0. The first kappa shape index (κ1) is 8.32. The molecule has 0 aliphatic rings. The maximum Gasteiger partial charge on any atom is 0.0737 e. The van der Waals surface area contributed by atoms with Gasteiger partial charge in [-0.2, -0.15) is 0 Å². The molecule has 0 radical (unpaired) electrons. The molecule has 0 saturated carbocycles. The lowest BCUT2D eigenvalue weighted by Crippen LogP contribution is -2.30.